The van der Waals surface area contributed by atoms with Crippen LogP contribution in [0.2, 0.25) is 0 Å². The van der Waals surface area contributed by atoms with E-state index in [1.165, 1.54) is 11.3 Å². The molecule has 8 heteroatoms. The van der Waals surface area contributed by atoms with Crippen LogP contribution in [0.25, 0.3) is 10.1 Å². The monoisotopic (exact) mass is 298 g/mol. The van der Waals surface area contributed by atoms with E-state index < -0.39 is 10.0 Å². The summed E-state index contributed by atoms with van der Waals surface area (Å²) < 4.78 is 24.0. The minimum Gasteiger partial charge on any atom is -0.354 e. The molecule has 1 aliphatic rings. The number of primary sulfonamides is 1. The van der Waals surface area contributed by atoms with Gasteiger partial charge in [-0.05, 0) is 12.1 Å². The highest BCUT2D eigenvalue weighted by molar-refractivity contribution is 7.91. The normalized spacial score (nSPS) is 17.0. The summed E-state index contributed by atoms with van der Waals surface area (Å²) >= 11 is 1.19. The third kappa shape index (κ3) is 2.44. The summed E-state index contributed by atoms with van der Waals surface area (Å²) in [6.07, 6.45) is 1.71. The zero-order chi connectivity index (χ0) is 13.5. The summed E-state index contributed by atoms with van der Waals surface area (Å²) in [5.74, 6) is 0.838. The summed E-state index contributed by atoms with van der Waals surface area (Å²) in [4.78, 5) is 6.56. The van der Waals surface area contributed by atoms with Crippen molar-refractivity contribution in [3.05, 3.63) is 18.3 Å². The van der Waals surface area contributed by atoms with Crippen LogP contribution < -0.4 is 15.4 Å². The Morgan fingerprint density at radius 1 is 1.37 bits per heavy atom. The van der Waals surface area contributed by atoms with Gasteiger partial charge in [-0.3, -0.25) is 0 Å². The third-order valence-electron chi connectivity index (χ3n) is 3.10. The van der Waals surface area contributed by atoms with Gasteiger partial charge in [-0.1, -0.05) is 0 Å². The van der Waals surface area contributed by atoms with E-state index in [1.54, 1.807) is 12.3 Å². The maximum absolute atomic E-state index is 11.4. The second-order valence-corrected chi connectivity index (χ2v) is 7.27. The Morgan fingerprint density at radius 2 is 2.11 bits per heavy atom. The number of nitrogens with two attached hydrogens (primary N) is 1. The molecule has 6 nitrogen and oxygen atoms in total. The molecule has 1 fully saturated rings. The van der Waals surface area contributed by atoms with E-state index in [2.05, 4.69) is 15.2 Å². The molecule has 3 N–H and O–H groups in total. The molecule has 0 aliphatic carbocycles. The Morgan fingerprint density at radius 3 is 2.79 bits per heavy atom. The van der Waals surface area contributed by atoms with Crippen molar-refractivity contribution in [3.63, 3.8) is 0 Å². The zero-order valence-electron chi connectivity index (χ0n) is 10.2. The van der Waals surface area contributed by atoms with E-state index in [0.717, 1.165) is 42.1 Å². The van der Waals surface area contributed by atoms with Gasteiger partial charge in [0.25, 0.3) is 0 Å². The van der Waals surface area contributed by atoms with Crippen molar-refractivity contribution >= 4 is 37.3 Å². The molecule has 0 aromatic carbocycles. The van der Waals surface area contributed by atoms with Crippen molar-refractivity contribution in [2.75, 3.05) is 31.1 Å². The largest absolute Gasteiger partial charge is 0.354 e. The van der Waals surface area contributed by atoms with Crippen molar-refractivity contribution in [2.45, 2.75) is 4.21 Å². The predicted octanol–water partition coefficient (Wildman–Crippen LogP) is 0.353. The Bertz CT molecular complexity index is 705. The lowest BCUT2D eigenvalue weighted by molar-refractivity contribution is 0.586. The van der Waals surface area contributed by atoms with Crippen LogP contribution in [0.4, 0.5) is 5.82 Å². The number of pyridine rings is 1. The minimum absolute atomic E-state index is 0.187. The number of hydrogen-bond acceptors (Lipinski definition) is 6. The molecule has 102 valence electrons. The number of rotatable bonds is 2. The topological polar surface area (TPSA) is 88.3 Å². The van der Waals surface area contributed by atoms with E-state index in [9.17, 15) is 8.42 Å². The maximum atomic E-state index is 11.4. The van der Waals surface area contributed by atoms with E-state index >= 15 is 0 Å². The van der Waals surface area contributed by atoms with Crippen LogP contribution in [0.3, 0.4) is 0 Å². The number of sulfonamides is 1. The predicted molar refractivity (Wildman–Crippen MR) is 76.1 cm³/mol. The molecule has 1 aliphatic heterocycles. The summed E-state index contributed by atoms with van der Waals surface area (Å²) in [7, 11) is -3.65. The van der Waals surface area contributed by atoms with E-state index in [4.69, 9.17) is 5.14 Å². The van der Waals surface area contributed by atoms with Gasteiger partial charge in [-0.15, -0.1) is 11.3 Å². The fraction of sp³-hybridized carbons (Fsp3) is 0.364. The number of nitrogens with zero attached hydrogens (tertiary/aromatic N) is 2. The molecule has 2 aromatic heterocycles. The molecule has 0 spiro atoms. The first-order valence-electron chi connectivity index (χ1n) is 5.93. The third-order valence-corrected chi connectivity index (χ3v) is 5.62. The fourth-order valence-corrected chi connectivity index (χ4v) is 3.99. The zero-order valence-corrected chi connectivity index (χ0v) is 11.8. The number of fused-ring (bicyclic) bond motifs is 1. The molecular weight excluding hydrogens is 284 g/mol. The number of aromatic nitrogens is 1. The highest BCUT2D eigenvalue weighted by atomic mass is 32.2. The highest BCUT2D eigenvalue weighted by Crippen LogP contribution is 2.33. The lowest BCUT2D eigenvalue weighted by Crippen LogP contribution is -2.43. The average molecular weight is 298 g/mol. The molecule has 0 saturated carbocycles. The van der Waals surface area contributed by atoms with Crippen LogP contribution in [0.1, 0.15) is 0 Å². The van der Waals surface area contributed by atoms with Gasteiger partial charge in [0.1, 0.15) is 10.0 Å². The first kappa shape index (κ1) is 12.8. The SMILES string of the molecule is NS(=O)(=O)c1cc2c(N3CCNCC3)nccc2s1. The minimum atomic E-state index is -3.65. The molecule has 3 rings (SSSR count). The number of hydrogen-bond donors (Lipinski definition) is 2. The van der Waals surface area contributed by atoms with Crippen LogP contribution >= 0.6 is 11.3 Å². The Kier molecular flexibility index (Phi) is 3.17. The smallest absolute Gasteiger partial charge is 0.247 e. The van der Waals surface area contributed by atoms with Gasteiger partial charge < -0.3 is 10.2 Å². The van der Waals surface area contributed by atoms with E-state index in [-0.39, 0.29) is 4.21 Å². The molecule has 3 heterocycles. The van der Waals surface area contributed by atoms with Gasteiger partial charge in [0.2, 0.25) is 10.0 Å². The number of piperazine rings is 1. The fourth-order valence-electron chi connectivity index (χ4n) is 2.19. The molecule has 0 bridgehead atoms. The number of nitrogens with one attached hydrogen (secondary N) is 1. The van der Waals surface area contributed by atoms with E-state index in [0.29, 0.717) is 0 Å². The second-order valence-electron chi connectivity index (χ2n) is 4.39. The highest BCUT2D eigenvalue weighted by Gasteiger charge is 2.19. The molecule has 0 atom stereocenters. The lowest BCUT2D eigenvalue weighted by atomic mass is 10.2. The van der Waals surface area contributed by atoms with Gasteiger partial charge in [-0.2, -0.15) is 0 Å². The number of anilines is 1. The van der Waals surface area contributed by atoms with Crippen molar-refractivity contribution in [2.24, 2.45) is 5.14 Å². The first-order valence-corrected chi connectivity index (χ1v) is 8.29. The average Bonchev–Trinajstić information content (AvgIpc) is 2.83. The molecular formula is C11H14N4O2S2. The van der Waals surface area contributed by atoms with Crippen molar-refractivity contribution in [1.29, 1.82) is 0 Å². The van der Waals surface area contributed by atoms with Crippen LogP contribution in [0.5, 0.6) is 0 Å². The Balaban J connectivity index is 2.12. The van der Waals surface area contributed by atoms with Gasteiger partial charge in [0.05, 0.1) is 0 Å². The molecule has 2 aromatic rings. The Hall–Kier alpha value is -1.22. The van der Waals surface area contributed by atoms with Crippen molar-refractivity contribution in [1.82, 2.24) is 10.3 Å². The molecule has 0 unspecified atom stereocenters. The lowest BCUT2D eigenvalue weighted by Gasteiger charge is -2.28. The van der Waals surface area contributed by atoms with Gasteiger partial charge in [0, 0.05) is 42.5 Å². The molecule has 0 amide bonds. The van der Waals surface area contributed by atoms with Crippen molar-refractivity contribution < 1.29 is 8.42 Å². The van der Waals surface area contributed by atoms with Crippen molar-refractivity contribution in [3.8, 4) is 0 Å². The van der Waals surface area contributed by atoms with Gasteiger partial charge >= 0.3 is 0 Å². The van der Waals surface area contributed by atoms with Gasteiger partial charge in [-0.25, -0.2) is 18.5 Å². The number of thiophene rings is 1. The van der Waals surface area contributed by atoms with Gasteiger partial charge in [0.15, 0.2) is 0 Å². The maximum Gasteiger partial charge on any atom is 0.247 e. The molecule has 0 radical (unpaired) electrons. The first-order chi connectivity index (χ1) is 9.05. The molecule has 1 saturated heterocycles. The van der Waals surface area contributed by atoms with Crippen LogP contribution in [0.15, 0.2) is 22.5 Å². The Labute approximate surface area is 115 Å². The standard InChI is InChI=1S/C11H14N4O2S2/c12-19(16,17)10-7-8-9(18-10)1-2-14-11(8)15-5-3-13-4-6-15/h1-2,7,13H,3-6H2,(H2,12,16,17). The van der Waals surface area contributed by atoms with Crippen LogP contribution in [0, 0.1) is 0 Å². The summed E-state index contributed by atoms with van der Waals surface area (Å²) in [6.45, 7) is 3.55. The summed E-state index contributed by atoms with van der Waals surface area (Å²) in [5.41, 5.74) is 0. The summed E-state index contributed by atoms with van der Waals surface area (Å²) in [6, 6.07) is 3.44. The van der Waals surface area contributed by atoms with Crippen LogP contribution in [-0.2, 0) is 10.0 Å². The molecule has 19 heavy (non-hydrogen) atoms. The second kappa shape index (κ2) is 4.71. The summed E-state index contributed by atoms with van der Waals surface area (Å²) in [5, 5.41) is 9.33. The quantitative estimate of drug-likeness (QED) is 0.835. The van der Waals surface area contributed by atoms with Crippen LogP contribution in [-0.4, -0.2) is 39.6 Å². The van der Waals surface area contributed by atoms with E-state index in [1.807, 2.05) is 6.07 Å².